The van der Waals surface area contributed by atoms with E-state index < -0.39 is 10.0 Å². The molecule has 0 aliphatic heterocycles. The second-order valence-electron chi connectivity index (χ2n) is 4.55. The van der Waals surface area contributed by atoms with Gasteiger partial charge in [-0.25, -0.2) is 18.5 Å². The van der Waals surface area contributed by atoms with Crippen LogP contribution in [0.3, 0.4) is 0 Å². The van der Waals surface area contributed by atoms with Crippen LogP contribution in [0.1, 0.15) is 33.6 Å². The number of nitrogens with zero attached hydrogens (tertiary/aromatic N) is 1. The number of nitrogens with two attached hydrogens (primary N) is 1. The fraction of sp³-hybridized carbons (Fsp3) is 0.700. The summed E-state index contributed by atoms with van der Waals surface area (Å²) in [7, 11) is -3.63. The molecule has 1 heterocycles. The minimum absolute atomic E-state index is 0.0936. The SMILES string of the molecule is CC(C)CCC(C)Nc1ncc(S(N)(=O)=O)s1. The van der Waals surface area contributed by atoms with Gasteiger partial charge in [0.15, 0.2) is 9.34 Å². The molecule has 0 aromatic carbocycles. The molecule has 0 aliphatic rings. The van der Waals surface area contributed by atoms with Crippen molar-refractivity contribution in [2.45, 2.75) is 43.9 Å². The molecule has 0 amide bonds. The predicted octanol–water partition coefficient (Wildman–Crippen LogP) is 2.03. The van der Waals surface area contributed by atoms with Crippen molar-refractivity contribution in [3.05, 3.63) is 6.20 Å². The lowest BCUT2D eigenvalue weighted by atomic mass is 10.0. The number of primary sulfonamides is 1. The molecule has 5 nitrogen and oxygen atoms in total. The minimum atomic E-state index is -3.63. The van der Waals surface area contributed by atoms with Gasteiger partial charge in [0.1, 0.15) is 0 Å². The van der Waals surface area contributed by atoms with E-state index in [2.05, 4.69) is 31.1 Å². The highest BCUT2D eigenvalue weighted by Crippen LogP contribution is 2.22. The molecule has 0 saturated heterocycles. The van der Waals surface area contributed by atoms with Crippen LogP contribution < -0.4 is 10.5 Å². The van der Waals surface area contributed by atoms with E-state index in [0.717, 1.165) is 24.2 Å². The van der Waals surface area contributed by atoms with E-state index in [1.807, 2.05) is 0 Å². The van der Waals surface area contributed by atoms with Crippen LogP contribution in [0.2, 0.25) is 0 Å². The van der Waals surface area contributed by atoms with E-state index in [4.69, 9.17) is 5.14 Å². The van der Waals surface area contributed by atoms with Gasteiger partial charge in [-0.3, -0.25) is 0 Å². The molecular formula is C10H19N3O2S2. The van der Waals surface area contributed by atoms with Gasteiger partial charge in [-0.05, 0) is 25.7 Å². The Bertz CT molecular complexity index is 454. The molecule has 0 bridgehead atoms. The molecule has 1 rings (SSSR count). The summed E-state index contributed by atoms with van der Waals surface area (Å²) in [6.07, 6.45) is 3.45. The van der Waals surface area contributed by atoms with Crippen molar-refractivity contribution in [3.8, 4) is 0 Å². The number of hydrogen-bond acceptors (Lipinski definition) is 5. The van der Waals surface area contributed by atoms with E-state index in [-0.39, 0.29) is 10.3 Å². The van der Waals surface area contributed by atoms with Crippen LogP contribution in [0, 0.1) is 5.92 Å². The Morgan fingerprint density at radius 1 is 1.41 bits per heavy atom. The zero-order chi connectivity index (χ0) is 13.1. The van der Waals surface area contributed by atoms with Crippen LogP contribution in [-0.4, -0.2) is 19.4 Å². The minimum Gasteiger partial charge on any atom is -0.359 e. The molecule has 3 N–H and O–H groups in total. The summed E-state index contributed by atoms with van der Waals surface area (Å²) in [5.74, 6) is 0.663. The lowest BCUT2D eigenvalue weighted by Gasteiger charge is -2.13. The molecule has 1 unspecified atom stereocenters. The van der Waals surface area contributed by atoms with E-state index in [1.54, 1.807) is 0 Å². The van der Waals surface area contributed by atoms with Gasteiger partial charge in [0, 0.05) is 6.04 Å². The first-order valence-electron chi connectivity index (χ1n) is 5.54. The maximum Gasteiger partial charge on any atom is 0.249 e. The Kier molecular flexibility index (Phi) is 4.91. The van der Waals surface area contributed by atoms with Crippen molar-refractivity contribution in [2.24, 2.45) is 11.1 Å². The second-order valence-corrected chi connectivity index (χ2v) is 7.36. The van der Waals surface area contributed by atoms with Gasteiger partial charge in [-0.2, -0.15) is 0 Å². The first-order chi connectivity index (χ1) is 7.79. The van der Waals surface area contributed by atoms with Crippen molar-refractivity contribution in [1.82, 2.24) is 4.98 Å². The highest BCUT2D eigenvalue weighted by molar-refractivity contribution is 7.91. The van der Waals surface area contributed by atoms with Gasteiger partial charge in [-0.15, -0.1) is 0 Å². The van der Waals surface area contributed by atoms with Crippen LogP contribution >= 0.6 is 11.3 Å². The Morgan fingerprint density at radius 2 is 2.06 bits per heavy atom. The van der Waals surface area contributed by atoms with Crippen molar-refractivity contribution in [3.63, 3.8) is 0 Å². The molecular weight excluding hydrogens is 258 g/mol. The number of aromatic nitrogens is 1. The largest absolute Gasteiger partial charge is 0.359 e. The van der Waals surface area contributed by atoms with Crippen LogP contribution in [0.4, 0.5) is 5.13 Å². The van der Waals surface area contributed by atoms with Gasteiger partial charge in [0.05, 0.1) is 6.20 Å². The molecule has 0 fully saturated rings. The Balaban J connectivity index is 2.55. The van der Waals surface area contributed by atoms with Gasteiger partial charge in [0.25, 0.3) is 0 Å². The monoisotopic (exact) mass is 277 g/mol. The lowest BCUT2D eigenvalue weighted by Crippen LogP contribution is -2.15. The van der Waals surface area contributed by atoms with Crippen molar-refractivity contribution >= 4 is 26.5 Å². The van der Waals surface area contributed by atoms with Gasteiger partial charge < -0.3 is 5.32 Å². The fourth-order valence-corrected chi connectivity index (χ4v) is 2.89. The molecule has 98 valence electrons. The first-order valence-corrected chi connectivity index (χ1v) is 7.90. The maximum atomic E-state index is 11.1. The summed E-state index contributed by atoms with van der Waals surface area (Å²) < 4.78 is 22.2. The standard InChI is InChI=1S/C10H19N3O2S2/c1-7(2)4-5-8(3)13-10-12-6-9(16-10)17(11,14)15/h6-8H,4-5H2,1-3H3,(H,12,13)(H2,11,14,15). The third-order valence-electron chi connectivity index (χ3n) is 2.31. The van der Waals surface area contributed by atoms with Crippen LogP contribution in [0.15, 0.2) is 10.4 Å². The second kappa shape index (κ2) is 5.79. The number of hydrogen-bond donors (Lipinski definition) is 2. The summed E-state index contributed by atoms with van der Waals surface area (Å²) >= 11 is 1.07. The summed E-state index contributed by atoms with van der Waals surface area (Å²) in [4.78, 5) is 4.00. The van der Waals surface area contributed by atoms with E-state index in [1.165, 1.54) is 6.20 Å². The summed E-state index contributed by atoms with van der Waals surface area (Å²) in [5, 5.41) is 8.79. The average Bonchev–Trinajstić information content (AvgIpc) is 2.62. The van der Waals surface area contributed by atoms with Gasteiger partial charge in [-0.1, -0.05) is 25.2 Å². The topological polar surface area (TPSA) is 85.1 Å². The summed E-state index contributed by atoms with van der Waals surface area (Å²) in [6, 6.07) is 0.275. The van der Waals surface area contributed by atoms with Gasteiger partial charge >= 0.3 is 0 Å². The zero-order valence-corrected chi connectivity index (χ0v) is 11.9. The number of rotatable bonds is 6. The highest BCUT2D eigenvalue weighted by atomic mass is 32.2. The molecule has 0 radical (unpaired) electrons. The molecule has 17 heavy (non-hydrogen) atoms. The summed E-state index contributed by atoms with van der Waals surface area (Å²) in [5.41, 5.74) is 0. The smallest absolute Gasteiger partial charge is 0.249 e. The number of anilines is 1. The Labute approximate surface area is 106 Å². The Morgan fingerprint density at radius 3 is 2.53 bits per heavy atom. The normalized spacial score (nSPS) is 13.9. The highest BCUT2D eigenvalue weighted by Gasteiger charge is 2.13. The van der Waals surface area contributed by atoms with Crippen LogP contribution in [0.5, 0.6) is 0 Å². The molecule has 1 atom stereocenters. The average molecular weight is 277 g/mol. The third kappa shape index (κ3) is 5.01. The van der Waals surface area contributed by atoms with E-state index in [9.17, 15) is 8.42 Å². The molecule has 0 aliphatic carbocycles. The summed E-state index contributed by atoms with van der Waals surface area (Å²) in [6.45, 7) is 6.41. The molecule has 0 spiro atoms. The van der Waals surface area contributed by atoms with Crippen molar-refractivity contribution in [1.29, 1.82) is 0 Å². The van der Waals surface area contributed by atoms with Crippen LogP contribution in [0.25, 0.3) is 0 Å². The van der Waals surface area contributed by atoms with Crippen molar-refractivity contribution < 1.29 is 8.42 Å². The molecule has 7 heteroatoms. The molecule has 1 aromatic heterocycles. The van der Waals surface area contributed by atoms with E-state index in [0.29, 0.717) is 11.0 Å². The number of nitrogens with one attached hydrogen (secondary N) is 1. The van der Waals surface area contributed by atoms with Crippen LogP contribution in [-0.2, 0) is 10.0 Å². The van der Waals surface area contributed by atoms with Gasteiger partial charge in [0.2, 0.25) is 10.0 Å². The van der Waals surface area contributed by atoms with E-state index >= 15 is 0 Å². The number of sulfonamides is 1. The lowest BCUT2D eigenvalue weighted by molar-refractivity contribution is 0.527. The molecule has 1 aromatic rings. The first kappa shape index (κ1) is 14.4. The maximum absolute atomic E-state index is 11.1. The Hall–Kier alpha value is -0.660. The zero-order valence-electron chi connectivity index (χ0n) is 10.3. The number of thiazole rings is 1. The predicted molar refractivity (Wildman–Crippen MR) is 70.6 cm³/mol. The quantitative estimate of drug-likeness (QED) is 0.833. The fourth-order valence-electron chi connectivity index (χ4n) is 1.32. The third-order valence-corrected chi connectivity index (χ3v) is 4.65. The molecule has 0 saturated carbocycles. The van der Waals surface area contributed by atoms with Crippen molar-refractivity contribution in [2.75, 3.05) is 5.32 Å².